The Morgan fingerprint density at radius 2 is 1.84 bits per heavy atom. The van der Waals surface area contributed by atoms with Gasteiger partial charge >= 0.3 is 0 Å². The van der Waals surface area contributed by atoms with Crippen molar-refractivity contribution in [3.05, 3.63) is 0 Å². The van der Waals surface area contributed by atoms with Gasteiger partial charge in [-0.2, -0.15) is 0 Å². The summed E-state index contributed by atoms with van der Waals surface area (Å²) in [5.41, 5.74) is 2.42. The molecule has 0 bridgehead atoms. The molecule has 0 aromatic heterocycles. The zero-order valence-corrected chi connectivity index (χ0v) is 11.7. The molecule has 2 aliphatic heterocycles. The molecule has 3 atom stereocenters. The van der Waals surface area contributed by atoms with Crippen LogP contribution in [0.3, 0.4) is 0 Å². The maximum Gasteiger partial charge on any atom is 0.253 e. The van der Waals surface area contributed by atoms with E-state index in [9.17, 15) is 14.4 Å². The fraction of sp³-hybridized carbons (Fsp3) is 0.769. The Morgan fingerprint density at radius 1 is 1.26 bits per heavy atom. The number of carbonyl (C=O) groups is 3. The molecule has 2 heterocycles. The van der Waals surface area contributed by atoms with Crippen LogP contribution in [0.15, 0.2) is 0 Å². The normalized spacial score (nSPS) is 31.6. The summed E-state index contributed by atoms with van der Waals surface area (Å²) in [7, 11) is 1.50. The molecule has 2 rings (SSSR count). The first-order valence-corrected chi connectivity index (χ1v) is 6.81. The van der Waals surface area contributed by atoms with Crippen molar-refractivity contribution >= 4 is 17.7 Å². The quantitative estimate of drug-likeness (QED) is 0.731. The summed E-state index contributed by atoms with van der Waals surface area (Å²) >= 11 is 0. The second-order valence-corrected chi connectivity index (χ2v) is 5.56. The number of likely N-dealkylation sites (tertiary alicyclic amines) is 1. The smallest absolute Gasteiger partial charge is 0.253 e. The zero-order valence-electron chi connectivity index (χ0n) is 11.7. The van der Waals surface area contributed by atoms with Gasteiger partial charge in [-0.3, -0.25) is 24.8 Å². The lowest BCUT2D eigenvalue weighted by molar-refractivity contribution is -0.143. The number of hydrogen-bond donors (Lipinski definition) is 1. The molecule has 0 aliphatic carbocycles. The van der Waals surface area contributed by atoms with Crippen molar-refractivity contribution in [3.8, 4) is 0 Å². The van der Waals surface area contributed by atoms with Crippen LogP contribution in [0, 0.1) is 5.92 Å². The van der Waals surface area contributed by atoms with Crippen molar-refractivity contribution in [2.75, 3.05) is 7.05 Å². The van der Waals surface area contributed by atoms with Crippen molar-refractivity contribution in [3.63, 3.8) is 0 Å². The second-order valence-electron chi connectivity index (χ2n) is 5.56. The zero-order chi connectivity index (χ0) is 14.2. The summed E-state index contributed by atoms with van der Waals surface area (Å²) in [5, 5.41) is 1.16. The average molecular weight is 267 g/mol. The Bertz CT molecular complexity index is 400. The SMILES string of the molecule is CC1CCCC(C)N1C(=O)CC1C(=O)NN(C)C1=O. The Hall–Kier alpha value is -1.59. The minimum Gasteiger partial charge on any atom is -0.337 e. The molecule has 6 nitrogen and oxygen atoms in total. The van der Waals surface area contributed by atoms with Gasteiger partial charge in [-0.1, -0.05) is 0 Å². The molecule has 1 N–H and O–H groups in total. The lowest BCUT2D eigenvalue weighted by atomic mass is 9.95. The number of hydrogen-bond acceptors (Lipinski definition) is 3. The van der Waals surface area contributed by atoms with E-state index in [1.807, 2.05) is 18.7 Å². The number of nitrogens with one attached hydrogen (secondary N) is 1. The van der Waals surface area contributed by atoms with E-state index in [1.165, 1.54) is 7.05 Å². The minimum absolute atomic E-state index is 0.0241. The van der Waals surface area contributed by atoms with Gasteiger partial charge < -0.3 is 4.90 Å². The van der Waals surface area contributed by atoms with Crippen molar-refractivity contribution < 1.29 is 14.4 Å². The number of nitrogens with zero attached hydrogens (tertiary/aromatic N) is 2. The third-order valence-electron chi connectivity index (χ3n) is 4.08. The first-order valence-electron chi connectivity index (χ1n) is 6.81. The number of piperidine rings is 1. The highest BCUT2D eigenvalue weighted by Crippen LogP contribution is 2.25. The van der Waals surface area contributed by atoms with E-state index in [2.05, 4.69) is 5.43 Å². The molecule has 2 saturated heterocycles. The molecule has 19 heavy (non-hydrogen) atoms. The Morgan fingerprint density at radius 3 is 2.32 bits per heavy atom. The van der Waals surface area contributed by atoms with E-state index in [4.69, 9.17) is 0 Å². The molecule has 3 amide bonds. The second kappa shape index (κ2) is 5.19. The molecule has 106 valence electrons. The third kappa shape index (κ3) is 2.57. The lowest BCUT2D eigenvalue weighted by Gasteiger charge is -2.39. The van der Waals surface area contributed by atoms with Crippen molar-refractivity contribution in [1.29, 1.82) is 0 Å². The van der Waals surface area contributed by atoms with Gasteiger partial charge in [-0.15, -0.1) is 0 Å². The Labute approximate surface area is 113 Å². The van der Waals surface area contributed by atoms with Crippen LogP contribution in [0.5, 0.6) is 0 Å². The van der Waals surface area contributed by atoms with Gasteiger partial charge in [0.25, 0.3) is 11.8 Å². The van der Waals surface area contributed by atoms with Gasteiger partial charge in [0.1, 0.15) is 5.92 Å². The van der Waals surface area contributed by atoms with Crippen LogP contribution in [-0.2, 0) is 14.4 Å². The van der Waals surface area contributed by atoms with E-state index in [1.54, 1.807) is 0 Å². The van der Waals surface area contributed by atoms with Crippen molar-refractivity contribution in [2.24, 2.45) is 5.92 Å². The van der Waals surface area contributed by atoms with Gasteiger partial charge in [0.15, 0.2) is 0 Å². The molecule has 3 unspecified atom stereocenters. The number of carbonyl (C=O) groups excluding carboxylic acids is 3. The topological polar surface area (TPSA) is 69.7 Å². The molecular formula is C13H21N3O3. The molecule has 0 saturated carbocycles. The summed E-state index contributed by atoms with van der Waals surface area (Å²) in [6.07, 6.45) is 3.07. The summed E-state index contributed by atoms with van der Waals surface area (Å²) in [6.45, 7) is 4.05. The van der Waals surface area contributed by atoms with E-state index < -0.39 is 5.92 Å². The molecule has 0 spiro atoms. The van der Waals surface area contributed by atoms with Crippen LogP contribution < -0.4 is 5.43 Å². The first-order chi connectivity index (χ1) is 8.91. The van der Waals surface area contributed by atoms with Crippen LogP contribution in [0.4, 0.5) is 0 Å². The fourth-order valence-corrected chi connectivity index (χ4v) is 3.02. The maximum atomic E-state index is 12.3. The largest absolute Gasteiger partial charge is 0.337 e. The summed E-state index contributed by atoms with van der Waals surface area (Å²) in [4.78, 5) is 37.6. The highest BCUT2D eigenvalue weighted by molar-refractivity contribution is 6.07. The van der Waals surface area contributed by atoms with Gasteiger partial charge in [-0.25, -0.2) is 0 Å². The standard InChI is InChI=1S/C13H21N3O3/c1-8-5-4-6-9(2)16(8)11(17)7-10-12(18)14-15(3)13(10)19/h8-10H,4-7H2,1-3H3,(H,14,18). The van der Waals surface area contributed by atoms with Crippen molar-refractivity contribution in [2.45, 2.75) is 51.6 Å². The monoisotopic (exact) mass is 267 g/mol. The van der Waals surface area contributed by atoms with Gasteiger partial charge in [0, 0.05) is 25.6 Å². The van der Waals surface area contributed by atoms with Gasteiger partial charge in [0.05, 0.1) is 0 Å². The predicted octanol–water partition coefficient (Wildman–Crippen LogP) is 0.285. The lowest BCUT2D eigenvalue weighted by Crippen LogP contribution is -2.48. The van der Waals surface area contributed by atoms with Crippen LogP contribution in [-0.4, -0.2) is 46.8 Å². The minimum atomic E-state index is -0.862. The van der Waals surface area contributed by atoms with Crippen LogP contribution in [0.1, 0.15) is 39.5 Å². The first kappa shape index (κ1) is 13.8. The fourth-order valence-electron chi connectivity index (χ4n) is 3.02. The molecule has 2 aliphatic rings. The Balaban J connectivity index is 2.04. The maximum absolute atomic E-state index is 12.3. The molecule has 2 fully saturated rings. The highest BCUT2D eigenvalue weighted by atomic mass is 16.2. The summed E-state index contributed by atoms with van der Waals surface area (Å²) in [5.74, 6) is -1.66. The number of hydrazine groups is 1. The highest BCUT2D eigenvalue weighted by Gasteiger charge is 2.40. The van der Waals surface area contributed by atoms with E-state index in [0.717, 1.165) is 24.3 Å². The van der Waals surface area contributed by atoms with Gasteiger partial charge in [0.2, 0.25) is 5.91 Å². The third-order valence-corrected chi connectivity index (χ3v) is 4.08. The van der Waals surface area contributed by atoms with E-state index >= 15 is 0 Å². The average Bonchev–Trinajstić information content (AvgIpc) is 2.56. The molecular weight excluding hydrogens is 246 g/mol. The van der Waals surface area contributed by atoms with Crippen LogP contribution >= 0.6 is 0 Å². The molecule has 0 aromatic rings. The molecule has 6 heteroatoms. The summed E-state index contributed by atoms with van der Waals surface area (Å²) in [6, 6.07) is 0.377. The molecule has 0 radical (unpaired) electrons. The van der Waals surface area contributed by atoms with Crippen LogP contribution in [0.2, 0.25) is 0 Å². The number of rotatable bonds is 2. The summed E-state index contributed by atoms with van der Waals surface area (Å²) < 4.78 is 0. The van der Waals surface area contributed by atoms with E-state index in [-0.39, 0.29) is 36.2 Å². The Kier molecular flexibility index (Phi) is 3.78. The van der Waals surface area contributed by atoms with E-state index in [0.29, 0.717) is 0 Å². The number of amides is 3. The predicted molar refractivity (Wildman–Crippen MR) is 68.6 cm³/mol. The molecule has 0 aromatic carbocycles. The van der Waals surface area contributed by atoms with Crippen molar-refractivity contribution in [1.82, 2.24) is 15.3 Å². The van der Waals surface area contributed by atoms with Gasteiger partial charge in [-0.05, 0) is 33.1 Å². The van der Waals surface area contributed by atoms with Crippen LogP contribution in [0.25, 0.3) is 0 Å².